The van der Waals surface area contributed by atoms with Crippen LogP contribution >= 0.6 is 0 Å². The van der Waals surface area contributed by atoms with Gasteiger partial charge in [-0.15, -0.1) is 0 Å². The highest BCUT2D eigenvalue weighted by Crippen LogP contribution is 2.31. The van der Waals surface area contributed by atoms with Crippen molar-refractivity contribution in [1.82, 2.24) is 0 Å². The highest BCUT2D eigenvalue weighted by molar-refractivity contribution is 6.11. The standard InChI is InChI=1S/C26H22N2O5.2C2H6/c1-4-16-5-11-20(21-12-8-18(25(30)31)14-23(21)26(32)33-3)22(13-16)24(29)28-19-9-6-17(7-10-19)15(2)27;2*1-2/h4-14,27H,1H2,2-3H3,(H,28,29)(H,30,31);2*1-2H3. The lowest BCUT2D eigenvalue weighted by Gasteiger charge is -2.15. The van der Waals surface area contributed by atoms with Crippen molar-refractivity contribution >= 4 is 35.3 Å². The van der Waals surface area contributed by atoms with Gasteiger partial charge in [-0.05, 0) is 59.5 Å². The van der Waals surface area contributed by atoms with Gasteiger partial charge in [0.25, 0.3) is 5.91 Å². The number of carbonyl (C=O) groups excluding carboxylic acids is 2. The van der Waals surface area contributed by atoms with Crippen LogP contribution in [0.4, 0.5) is 5.69 Å². The molecular weight excluding hydrogens is 468 g/mol. The number of amides is 1. The van der Waals surface area contributed by atoms with E-state index in [1.54, 1.807) is 55.5 Å². The van der Waals surface area contributed by atoms with Crippen LogP contribution in [-0.2, 0) is 4.74 Å². The Balaban J connectivity index is 0.00000163. The molecule has 3 aromatic rings. The summed E-state index contributed by atoms with van der Waals surface area (Å²) in [5.41, 5.74) is 3.41. The van der Waals surface area contributed by atoms with Crippen molar-refractivity contribution < 1.29 is 24.2 Å². The molecule has 0 fully saturated rings. The van der Waals surface area contributed by atoms with Crippen LogP contribution in [0.15, 0.2) is 67.2 Å². The van der Waals surface area contributed by atoms with Gasteiger partial charge in [-0.1, -0.05) is 70.7 Å². The molecule has 0 radical (unpaired) electrons. The number of rotatable bonds is 7. The van der Waals surface area contributed by atoms with Crippen molar-refractivity contribution in [2.45, 2.75) is 34.6 Å². The van der Waals surface area contributed by atoms with Crippen LogP contribution in [0.2, 0.25) is 0 Å². The third-order valence-corrected chi connectivity index (χ3v) is 5.06. The van der Waals surface area contributed by atoms with E-state index in [4.69, 9.17) is 10.1 Å². The van der Waals surface area contributed by atoms with Crippen molar-refractivity contribution in [2.75, 3.05) is 12.4 Å². The summed E-state index contributed by atoms with van der Waals surface area (Å²) in [5.74, 6) is -2.33. The lowest BCUT2D eigenvalue weighted by Crippen LogP contribution is -2.15. The minimum atomic E-state index is -1.18. The number of ether oxygens (including phenoxy) is 1. The topological polar surface area (TPSA) is 117 Å². The Morgan fingerprint density at radius 1 is 0.865 bits per heavy atom. The van der Waals surface area contributed by atoms with Crippen LogP contribution in [0, 0.1) is 5.41 Å². The Morgan fingerprint density at radius 2 is 1.41 bits per heavy atom. The predicted molar refractivity (Wildman–Crippen MR) is 150 cm³/mol. The summed E-state index contributed by atoms with van der Waals surface area (Å²) in [6.45, 7) is 13.4. The van der Waals surface area contributed by atoms with Crippen LogP contribution in [0.25, 0.3) is 17.2 Å². The van der Waals surface area contributed by atoms with E-state index < -0.39 is 17.8 Å². The second-order valence-corrected chi connectivity index (χ2v) is 7.22. The van der Waals surface area contributed by atoms with E-state index in [-0.39, 0.29) is 16.7 Å². The van der Waals surface area contributed by atoms with Gasteiger partial charge in [0, 0.05) is 17.0 Å². The van der Waals surface area contributed by atoms with Gasteiger partial charge in [-0.3, -0.25) is 4.79 Å². The van der Waals surface area contributed by atoms with Crippen molar-refractivity contribution in [3.8, 4) is 11.1 Å². The molecule has 0 unspecified atom stereocenters. The number of carbonyl (C=O) groups is 3. The molecule has 0 aliphatic carbocycles. The second-order valence-electron chi connectivity index (χ2n) is 7.22. The first-order valence-corrected chi connectivity index (χ1v) is 11.9. The third kappa shape index (κ3) is 7.73. The van der Waals surface area contributed by atoms with Crippen LogP contribution in [-0.4, -0.2) is 35.8 Å². The maximum atomic E-state index is 13.2. The number of nitrogens with one attached hydrogen (secondary N) is 2. The first kappa shape index (κ1) is 30.5. The third-order valence-electron chi connectivity index (χ3n) is 5.06. The van der Waals surface area contributed by atoms with Gasteiger partial charge in [-0.25, -0.2) is 9.59 Å². The van der Waals surface area contributed by atoms with Gasteiger partial charge in [0.05, 0.1) is 18.2 Å². The van der Waals surface area contributed by atoms with Gasteiger partial charge in [-0.2, -0.15) is 0 Å². The van der Waals surface area contributed by atoms with E-state index in [1.807, 2.05) is 27.7 Å². The second kappa shape index (κ2) is 14.8. The molecule has 0 atom stereocenters. The number of benzene rings is 3. The van der Waals surface area contributed by atoms with Gasteiger partial charge < -0.3 is 20.6 Å². The minimum Gasteiger partial charge on any atom is -0.478 e. The molecule has 0 aliphatic rings. The van der Waals surface area contributed by atoms with E-state index in [9.17, 15) is 19.5 Å². The Kier molecular flexibility index (Phi) is 12.2. The molecule has 0 aromatic heterocycles. The molecular formula is C30H34N2O5. The number of carboxylic acid groups (broad SMARTS) is 1. The zero-order valence-corrected chi connectivity index (χ0v) is 22.1. The number of esters is 1. The van der Waals surface area contributed by atoms with Crippen LogP contribution < -0.4 is 5.32 Å². The molecule has 7 heteroatoms. The Morgan fingerprint density at radius 3 is 1.92 bits per heavy atom. The quantitative estimate of drug-likeness (QED) is 0.234. The zero-order chi connectivity index (χ0) is 28.1. The lowest BCUT2D eigenvalue weighted by molar-refractivity contribution is 0.0601. The largest absolute Gasteiger partial charge is 0.478 e. The molecule has 0 spiro atoms. The molecule has 0 aliphatic heterocycles. The fraction of sp³-hybridized carbons (Fsp3) is 0.200. The van der Waals surface area contributed by atoms with Gasteiger partial charge in [0.15, 0.2) is 0 Å². The minimum absolute atomic E-state index is 0.0311. The average Bonchev–Trinajstić information content (AvgIpc) is 2.94. The van der Waals surface area contributed by atoms with Crippen LogP contribution in [0.5, 0.6) is 0 Å². The molecule has 37 heavy (non-hydrogen) atoms. The lowest BCUT2D eigenvalue weighted by atomic mass is 9.92. The summed E-state index contributed by atoms with van der Waals surface area (Å²) < 4.78 is 4.84. The fourth-order valence-electron chi connectivity index (χ4n) is 3.30. The van der Waals surface area contributed by atoms with Gasteiger partial charge in [0.2, 0.25) is 0 Å². The van der Waals surface area contributed by atoms with Crippen molar-refractivity contribution in [2.24, 2.45) is 0 Å². The smallest absolute Gasteiger partial charge is 0.338 e. The number of anilines is 1. The summed E-state index contributed by atoms with van der Waals surface area (Å²) in [5, 5.41) is 19.8. The predicted octanol–water partition coefficient (Wildman–Crippen LogP) is 7.17. The maximum Gasteiger partial charge on any atom is 0.338 e. The molecule has 1 amide bonds. The average molecular weight is 503 g/mol. The number of hydrogen-bond donors (Lipinski definition) is 3. The molecule has 7 nitrogen and oxygen atoms in total. The van der Waals surface area contributed by atoms with Gasteiger partial charge >= 0.3 is 11.9 Å². The molecule has 194 valence electrons. The van der Waals surface area contributed by atoms with Crippen molar-refractivity contribution in [3.63, 3.8) is 0 Å². The molecule has 3 N–H and O–H groups in total. The Hall–Kier alpha value is -4.52. The first-order chi connectivity index (χ1) is 17.7. The van der Waals surface area contributed by atoms with Crippen molar-refractivity contribution in [1.29, 1.82) is 5.41 Å². The summed E-state index contributed by atoms with van der Waals surface area (Å²) in [6.07, 6.45) is 1.59. The van der Waals surface area contributed by atoms with Crippen LogP contribution in [0.3, 0.4) is 0 Å². The summed E-state index contributed by atoms with van der Waals surface area (Å²) in [7, 11) is 1.20. The maximum absolute atomic E-state index is 13.2. The highest BCUT2D eigenvalue weighted by Gasteiger charge is 2.21. The van der Waals surface area contributed by atoms with E-state index in [2.05, 4.69) is 11.9 Å². The summed E-state index contributed by atoms with van der Waals surface area (Å²) in [4.78, 5) is 37.0. The monoisotopic (exact) mass is 502 g/mol. The molecule has 0 saturated heterocycles. The molecule has 0 saturated carbocycles. The fourth-order valence-corrected chi connectivity index (χ4v) is 3.30. The van der Waals surface area contributed by atoms with Gasteiger partial charge in [0.1, 0.15) is 0 Å². The SMILES string of the molecule is C=Cc1ccc(-c2ccc(C(=O)O)cc2C(=O)OC)c(C(=O)Nc2ccc(C(C)=N)cc2)c1.CC.CC. The van der Waals surface area contributed by atoms with Crippen LogP contribution in [0.1, 0.15) is 76.8 Å². The summed E-state index contributed by atoms with van der Waals surface area (Å²) in [6, 6.07) is 16.0. The molecule has 3 aromatic carbocycles. The van der Waals surface area contributed by atoms with E-state index in [1.165, 1.54) is 25.3 Å². The van der Waals surface area contributed by atoms with E-state index in [0.717, 1.165) is 5.56 Å². The molecule has 0 bridgehead atoms. The van der Waals surface area contributed by atoms with E-state index in [0.29, 0.717) is 28.1 Å². The van der Waals surface area contributed by atoms with E-state index >= 15 is 0 Å². The molecule has 0 heterocycles. The Labute approximate surface area is 218 Å². The normalized spacial score (nSPS) is 9.46. The Bertz CT molecular complexity index is 1280. The zero-order valence-electron chi connectivity index (χ0n) is 22.1. The van der Waals surface area contributed by atoms with Crippen molar-refractivity contribution in [3.05, 3.63) is 95.1 Å². The highest BCUT2D eigenvalue weighted by atomic mass is 16.5. The number of methoxy groups -OCH3 is 1. The first-order valence-electron chi connectivity index (χ1n) is 11.9. The summed E-state index contributed by atoms with van der Waals surface area (Å²) >= 11 is 0. The number of carboxylic acids is 1. The number of aromatic carboxylic acids is 1. The number of hydrogen-bond acceptors (Lipinski definition) is 5. The molecule has 3 rings (SSSR count).